The summed E-state index contributed by atoms with van der Waals surface area (Å²) in [7, 11) is 2.10. The molecule has 0 aliphatic heterocycles. The average molecular weight is 350 g/mol. The first-order valence-electron chi connectivity index (χ1n) is 7.98. The largest absolute Gasteiger partial charge is 0.474 e. The fourth-order valence-corrected chi connectivity index (χ4v) is 2.69. The van der Waals surface area contributed by atoms with Crippen molar-refractivity contribution in [1.82, 2.24) is 10.1 Å². The molecule has 6 nitrogen and oxygen atoms in total. The number of amides is 1. The molecule has 1 aromatic carbocycles. The number of carbonyl (C=O) groups excluding carboxylic acids is 1. The van der Waals surface area contributed by atoms with Crippen LogP contribution in [0.3, 0.4) is 0 Å². The number of benzene rings is 1. The Balaban J connectivity index is 1.48. The Bertz CT molecular complexity index is 700. The maximum absolute atomic E-state index is 12.1. The van der Waals surface area contributed by atoms with Crippen LogP contribution in [0.5, 0.6) is 5.88 Å². The summed E-state index contributed by atoms with van der Waals surface area (Å²) in [6.45, 7) is 1.33. The minimum Gasteiger partial charge on any atom is -0.474 e. The second kappa shape index (κ2) is 7.68. The Labute approximate surface area is 145 Å². The number of ether oxygens (including phenoxy) is 1. The van der Waals surface area contributed by atoms with Gasteiger partial charge in [0.2, 0.25) is 5.76 Å². The van der Waals surface area contributed by atoms with E-state index >= 15 is 0 Å². The van der Waals surface area contributed by atoms with E-state index in [9.17, 15) is 4.79 Å². The standard InChI is InChI=1S/C17H20ClN3O3/c1-21(14-6-3-7-14)8-9-23-16-11-15(24-20-16)17(22)19-13-5-2-4-12(18)10-13/h2,4-5,10-11,14H,3,6-9H2,1H3,(H,19,22). The minimum absolute atomic E-state index is 0.0947. The van der Waals surface area contributed by atoms with Crippen LogP contribution in [0, 0.1) is 0 Å². The predicted molar refractivity (Wildman–Crippen MR) is 91.7 cm³/mol. The van der Waals surface area contributed by atoms with Gasteiger partial charge in [0.15, 0.2) is 0 Å². The molecule has 0 bridgehead atoms. The van der Waals surface area contributed by atoms with E-state index < -0.39 is 5.91 Å². The van der Waals surface area contributed by atoms with Gasteiger partial charge in [-0.05, 0) is 43.2 Å². The third-order valence-electron chi connectivity index (χ3n) is 4.19. The summed E-state index contributed by atoms with van der Waals surface area (Å²) >= 11 is 5.89. The van der Waals surface area contributed by atoms with Gasteiger partial charge in [-0.3, -0.25) is 4.79 Å². The molecule has 24 heavy (non-hydrogen) atoms. The molecule has 0 spiro atoms. The number of likely N-dealkylation sites (N-methyl/N-ethyl adjacent to an activating group) is 1. The van der Waals surface area contributed by atoms with Gasteiger partial charge in [-0.25, -0.2) is 0 Å². The van der Waals surface area contributed by atoms with Crippen molar-refractivity contribution in [3.05, 3.63) is 41.1 Å². The zero-order valence-corrected chi connectivity index (χ0v) is 14.3. The first-order valence-corrected chi connectivity index (χ1v) is 8.36. The van der Waals surface area contributed by atoms with Gasteiger partial charge in [0, 0.05) is 23.3 Å². The van der Waals surface area contributed by atoms with E-state index in [1.54, 1.807) is 24.3 Å². The van der Waals surface area contributed by atoms with Crippen LogP contribution in [0.2, 0.25) is 5.02 Å². The molecular weight excluding hydrogens is 330 g/mol. The van der Waals surface area contributed by atoms with Gasteiger partial charge in [0.1, 0.15) is 6.61 Å². The van der Waals surface area contributed by atoms with Crippen molar-refractivity contribution in [3.63, 3.8) is 0 Å². The second-order valence-electron chi connectivity index (χ2n) is 5.91. The monoisotopic (exact) mass is 349 g/mol. The van der Waals surface area contributed by atoms with Crippen molar-refractivity contribution in [2.45, 2.75) is 25.3 Å². The van der Waals surface area contributed by atoms with Crippen LogP contribution < -0.4 is 10.1 Å². The Kier molecular flexibility index (Phi) is 5.37. The summed E-state index contributed by atoms with van der Waals surface area (Å²) in [5.74, 6) is 0.0109. The molecule has 1 heterocycles. The lowest BCUT2D eigenvalue weighted by Crippen LogP contribution is -2.39. The van der Waals surface area contributed by atoms with Crippen molar-refractivity contribution in [3.8, 4) is 5.88 Å². The molecule has 0 radical (unpaired) electrons. The van der Waals surface area contributed by atoms with Crippen LogP contribution in [0.25, 0.3) is 0 Å². The topological polar surface area (TPSA) is 67.6 Å². The lowest BCUT2D eigenvalue weighted by molar-refractivity contribution is 0.0987. The van der Waals surface area contributed by atoms with Gasteiger partial charge in [0.25, 0.3) is 11.8 Å². The van der Waals surface area contributed by atoms with Crippen molar-refractivity contribution in [2.75, 3.05) is 25.5 Å². The fraction of sp³-hybridized carbons (Fsp3) is 0.412. The van der Waals surface area contributed by atoms with E-state index in [0.29, 0.717) is 29.2 Å². The maximum atomic E-state index is 12.1. The van der Waals surface area contributed by atoms with Crippen LogP contribution in [0.1, 0.15) is 29.8 Å². The highest BCUT2D eigenvalue weighted by Gasteiger charge is 2.21. The van der Waals surface area contributed by atoms with Crippen LogP contribution in [-0.2, 0) is 0 Å². The van der Waals surface area contributed by atoms with Gasteiger partial charge in [-0.1, -0.05) is 24.1 Å². The third kappa shape index (κ3) is 4.27. The number of carbonyl (C=O) groups is 1. The molecule has 7 heteroatoms. The summed E-state index contributed by atoms with van der Waals surface area (Å²) in [5.41, 5.74) is 0.591. The lowest BCUT2D eigenvalue weighted by atomic mass is 9.92. The summed E-state index contributed by atoms with van der Waals surface area (Å²) < 4.78 is 10.6. The Morgan fingerprint density at radius 3 is 3.00 bits per heavy atom. The molecule has 128 valence electrons. The fourth-order valence-electron chi connectivity index (χ4n) is 2.50. The number of nitrogens with zero attached hydrogens (tertiary/aromatic N) is 2. The van der Waals surface area contributed by atoms with E-state index in [0.717, 1.165) is 6.54 Å². The van der Waals surface area contributed by atoms with E-state index in [2.05, 4.69) is 22.4 Å². The number of nitrogens with one attached hydrogen (secondary N) is 1. The summed E-state index contributed by atoms with van der Waals surface area (Å²) in [5, 5.41) is 7.01. The van der Waals surface area contributed by atoms with Gasteiger partial charge in [-0.15, -0.1) is 0 Å². The van der Waals surface area contributed by atoms with Crippen molar-refractivity contribution < 1.29 is 14.1 Å². The smallest absolute Gasteiger partial charge is 0.294 e. The predicted octanol–water partition coefficient (Wildman–Crippen LogP) is 3.44. The molecule has 0 unspecified atom stereocenters. The van der Waals surface area contributed by atoms with Crippen LogP contribution >= 0.6 is 11.6 Å². The van der Waals surface area contributed by atoms with Crippen LogP contribution in [0.4, 0.5) is 5.69 Å². The molecule has 1 aromatic heterocycles. The Hall–Kier alpha value is -2.05. The van der Waals surface area contributed by atoms with Crippen molar-refractivity contribution in [1.29, 1.82) is 0 Å². The quantitative estimate of drug-likeness (QED) is 0.829. The Morgan fingerprint density at radius 1 is 1.46 bits per heavy atom. The molecular formula is C17H20ClN3O3. The summed E-state index contributed by atoms with van der Waals surface area (Å²) in [4.78, 5) is 14.4. The number of halogens is 1. The molecule has 3 rings (SSSR count). The normalized spacial score (nSPS) is 14.5. The van der Waals surface area contributed by atoms with Gasteiger partial charge < -0.3 is 19.5 Å². The molecule has 0 saturated heterocycles. The molecule has 1 aliphatic rings. The molecule has 1 amide bonds. The molecule has 1 N–H and O–H groups in total. The number of rotatable bonds is 7. The molecule has 0 atom stereocenters. The average Bonchev–Trinajstić information content (AvgIpc) is 2.94. The first kappa shape index (κ1) is 16.8. The van der Waals surface area contributed by atoms with Gasteiger partial charge in [-0.2, -0.15) is 0 Å². The SMILES string of the molecule is CN(CCOc1cc(C(=O)Nc2cccc(Cl)c2)on1)C1CCC1. The third-order valence-corrected chi connectivity index (χ3v) is 4.42. The first-order chi connectivity index (χ1) is 11.6. The number of aromatic nitrogens is 1. The molecule has 2 aromatic rings. The zero-order valence-electron chi connectivity index (χ0n) is 13.5. The van der Waals surface area contributed by atoms with E-state index in [1.165, 1.54) is 25.3 Å². The van der Waals surface area contributed by atoms with Crippen LogP contribution in [0.15, 0.2) is 34.9 Å². The van der Waals surface area contributed by atoms with Crippen LogP contribution in [-0.4, -0.2) is 42.2 Å². The number of anilines is 1. The van der Waals surface area contributed by atoms with Crippen molar-refractivity contribution in [2.24, 2.45) is 0 Å². The summed E-state index contributed by atoms with van der Waals surface area (Å²) in [6.07, 6.45) is 3.83. The van der Waals surface area contributed by atoms with Gasteiger partial charge in [0.05, 0.1) is 6.07 Å². The highest BCUT2D eigenvalue weighted by molar-refractivity contribution is 6.30. The molecule has 1 fully saturated rings. The van der Waals surface area contributed by atoms with Crippen molar-refractivity contribution >= 4 is 23.2 Å². The molecule has 1 aliphatic carbocycles. The second-order valence-corrected chi connectivity index (χ2v) is 6.34. The highest BCUT2D eigenvalue weighted by Crippen LogP contribution is 2.23. The maximum Gasteiger partial charge on any atom is 0.294 e. The van der Waals surface area contributed by atoms with E-state index in [4.69, 9.17) is 20.9 Å². The lowest BCUT2D eigenvalue weighted by Gasteiger charge is -2.34. The highest BCUT2D eigenvalue weighted by atomic mass is 35.5. The number of hydrogen-bond acceptors (Lipinski definition) is 5. The van der Waals surface area contributed by atoms with E-state index in [-0.39, 0.29) is 5.76 Å². The number of hydrogen-bond donors (Lipinski definition) is 1. The Morgan fingerprint density at radius 2 is 2.29 bits per heavy atom. The minimum atomic E-state index is -0.397. The van der Waals surface area contributed by atoms with E-state index in [1.807, 2.05) is 0 Å². The molecule has 1 saturated carbocycles. The summed E-state index contributed by atoms with van der Waals surface area (Å²) in [6, 6.07) is 9.05. The van der Waals surface area contributed by atoms with Gasteiger partial charge >= 0.3 is 0 Å². The zero-order chi connectivity index (χ0) is 16.9.